The highest BCUT2D eigenvalue weighted by molar-refractivity contribution is 6.32. The lowest BCUT2D eigenvalue weighted by atomic mass is 10.1. The van der Waals surface area contributed by atoms with Gasteiger partial charge < -0.3 is 5.73 Å². The van der Waals surface area contributed by atoms with Crippen molar-refractivity contribution in [2.45, 2.75) is 6.18 Å². The van der Waals surface area contributed by atoms with E-state index < -0.39 is 11.7 Å². The monoisotopic (exact) mass is 221 g/mol. The Hall–Kier alpha value is -1.16. The first-order chi connectivity index (χ1) is 6.46. The first-order valence-corrected chi connectivity index (χ1v) is 4.08. The van der Waals surface area contributed by atoms with Gasteiger partial charge in [-0.05, 0) is 24.4 Å². The zero-order valence-electron chi connectivity index (χ0n) is 6.98. The molecule has 0 aliphatic heterocycles. The van der Waals surface area contributed by atoms with E-state index >= 15 is 0 Å². The highest BCUT2D eigenvalue weighted by Crippen LogP contribution is 2.35. The third-order valence-corrected chi connectivity index (χ3v) is 1.95. The minimum atomic E-state index is -4.42. The van der Waals surface area contributed by atoms with Gasteiger partial charge >= 0.3 is 6.18 Å². The van der Waals surface area contributed by atoms with E-state index in [0.717, 1.165) is 18.3 Å². The Kier molecular flexibility index (Phi) is 3.06. The Balaban J connectivity index is 3.36. The van der Waals surface area contributed by atoms with Crippen molar-refractivity contribution in [1.29, 1.82) is 0 Å². The zero-order valence-corrected chi connectivity index (χ0v) is 7.73. The molecule has 76 valence electrons. The van der Waals surface area contributed by atoms with E-state index in [-0.39, 0.29) is 10.6 Å². The maximum absolute atomic E-state index is 12.4. The molecule has 2 N–H and O–H groups in total. The van der Waals surface area contributed by atoms with Crippen molar-refractivity contribution >= 4 is 17.7 Å². The Bertz CT molecular complexity index is 358. The van der Waals surface area contributed by atoms with Crippen LogP contribution in [0.25, 0.3) is 6.08 Å². The molecule has 0 bridgehead atoms. The quantitative estimate of drug-likeness (QED) is 0.774. The molecule has 1 aromatic rings. The second-order valence-corrected chi connectivity index (χ2v) is 2.97. The summed E-state index contributed by atoms with van der Waals surface area (Å²) in [6.45, 7) is 0. The van der Waals surface area contributed by atoms with Crippen LogP contribution in [-0.4, -0.2) is 0 Å². The molecule has 0 aromatic heterocycles. The summed E-state index contributed by atoms with van der Waals surface area (Å²) in [6, 6.07) is 3.59. The van der Waals surface area contributed by atoms with Crippen molar-refractivity contribution < 1.29 is 13.2 Å². The lowest BCUT2D eigenvalue weighted by Gasteiger charge is -2.10. The Morgan fingerprint density at radius 3 is 2.43 bits per heavy atom. The fourth-order valence-corrected chi connectivity index (χ4v) is 1.29. The summed E-state index contributed by atoms with van der Waals surface area (Å²) in [6.07, 6.45) is -2.26. The van der Waals surface area contributed by atoms with Crippen molar-refractivity contribution in [3.63, 3.8) is 0 Å². The summed E-state index contributed by atoms with van der Waals surface area (Å²) < 4.78 is 37.3. The fourth-order valence-electron chi connectivity index (χ4n) is 1.05. The smallest absolute Gasteiger partial charge is 0.405 e. The SMILES string of the molecule is N/C=C/c1c(Cl)cccc1C(F)(F)F. The van der Waals surface area contributed by atoms with Crippen LogP contribution in [0.1, 0.15) is 11.1 Å². The molecule has 0 unspecified atom stereocenters. The lowest BCUT2D eigenvalue weighted by Crippen LogP contribution is -2.07. The normalized spacial score (nSPS) is 12.3. The summed E-state index contributed by atoms with van der Waals surface area (Å²) in [5.41, 5.74) is 4.14. The summed E-state index contributed by atoms with van der Waals surface area (Å²) >= 11 is 5.61. The third kappa shape index (κ3) is 2.20. The minimum absolute atomic E-state index is 0.0292. The van der Waals surface area contributed by atoms with Crippen LogP contribution in [0.15, 0.2) is 24.4 Å². The molecule has 1 rings (SSSR count). The summed E-state index contributed by atoms with van der Waals surface area (Å²) in [5, 5.41) is 0.0292. The molecule has 0 amide bonds. The number of benzene rings is 1. The van der Waals surface area contributed by atoms with Crippen molar-refractivity contribution in [1.82, 2.24) is 0 Å². The van der Waals surface area contributed by atoms with Gasteiger partial charge in [-0.1, -0.05) is 17.7 Å². The number of rotatable bonds is 1. The molecule has 0 aliphatic carbocycles. The van der Waals surface area contributed by atoms with Gasteiger partial charge in [-0.15, -0.1) is 0 Å². The largest absolute Gasteiger partial charge is 0.417 e. The highest BCUT2D eigenvalue weighted by atomic mass is 35.5. The fraction of sp³-hybridized carbons (Fsp3) is 0.111. The van der Waals surface area contributed by atoms with Gasteiger partial charge in [-0.2, -0.15) is 13.2 Å². The van der Waals surface area contributed by atoms with Crippen LogP contribution in [-0.2, 0) is 6.18 Å². The van der Waals surface area contributed by atoms with Crippen LogP contribution < -0.4 is 5.73 Å². The van der Waals surface area contributed by atoms with Gasteiger partial charge in [-0.25, -0.2) is 0 Å². The van der Waals surface area contributed by atoms with Crippen molar-refractivity contribution in [2.75, 3.05) is 0 Å². The van der Waals surface area contributed by atoms with Gasteiger partial charge in [0.1, 0.15) is 0 Å². The van der Waals surface area contributed by atoms with E-state index in [0.29, 0.717) is 0 Å². The van der Waals surface area contributed by atoms with Gasteiger partial charge in [-0.3, -0.25) is 0 Å². The van der Waals surface area contributed by atoms with Crippen LogP contribution in [0.5, 0.6) is 0 Å². The molecule has 0 heterocycles. The maximum atomic E-state index is 12.4. The average molecular weight is 222 g/mol. The van der Waals surface area contributed by atoms with E-state index in [1.165, 1.54) is 12.1 Å². The van der Waals surface area contributed by atoms with Gasteiger partial charge in [0.25, 0.3) is 0 Å². The predicted octanol–water partition coefficient (Wildman–Crippen LogP) is 3.29. The maximum Gasteiger partial charge on any atom is 0.417 e. The Morgan fingerprint density at radius 1 is 1.29 bits per heavy atom. The summed E-state index contributed by atoms with van der Waals surface area (Å²) in [7, 11) is 0. The van der Waals surface area contributed by atoms with E-state index in [2.05, 4.69) is 0 Å². The van der Waals surface area contributed by atoms with E-state index in [9.17, 15) is 13.2 Å². The Morgan fingerprint density at radius 2 is 1.93 bits per heavy atom. The molecule has 0 saturated heterocycles. The predicted molar refractivity (Wildman–Crippen MR) is 49.7 cm³/mol. The molecular formula is C9H7ClF3N. The van der Waals surface area contributed by atoms with E-state index in [4.69, 9.17) is 17.3 Å². The van der Waals surface area contributed by atoms with Gasteiger partial charge in [0, 0.05) is 10.6 Å². The molecule has 0 saturated carbocycles. The second kappa shape index (κ2) is 3.92. The first kappa shape index (κ1) is 10.9. The molecule has 0 radical (unpaired) electrons. The average Bonchev–Trinajstić information content (AvgIpc) is 2.07. The molecule has 0 atom stereocenters. The summed E-state index contributed by atoms with van der Waals surface area (Å²) in [5.74, 6) is 0. The van der Waals surface area contributed by atoms with Crippen molar-refractivity contribution in [3.05, 3.63) is 40.5 Å². The molecule has 0 spiro atoms. The number of halogens is 4. The first-order valence-electron chi connectivity index (χ1n) is 3.71. The molecule has 1 nitrogen and oxygen atoms in total. The van der Waals surface area contributed by atoms with Crippen molar-refractivity contribution in [2.24, 2.45) is 5.73 Å². The Labute approximate surface area is 84.0 Å². The third-order valence-electron chi connectivity index (χ3n) is 1.62. The standard InChI is InChI=1S/C9H7ClF3N/c10-8-3-1-2-7(9(11,12)13)6(8)4-5-14/h1-5H,14H2/b5-4+. The number of alkyl halides is 3. The number of hydrogen-bond donors (Lipinski definition) is 1. The topological polar surface area (TPSA) is 26.0 Å². The van der Waals surface area contributed by atoms with Crippen LogP contribution in [0.4, 0.5) is 13.2 Å². The number of nitrogens with two attached hydrogens (primary N) is 1. The molecule has 5 heteroatoms. The van der Waals surface area contributed by atoms with Crippen LogP contribution in [0.2, 0.25) is 5.02 Å². The molecular weight excluding hydrogens is 215 g/mol. The van der Waals surface area contributed by atoms with Gasteiger partial charge in [0.15, 0.2) is 0 Å². The van der Waals surface area contributed by atoms with E-state index in [1.807, 2.05) is 0 Å². The van der Waals surface area contributed by atoms with Gasteiger partial charge in [0.2, 0.25) is 0 Å². The van der Waals surface area contributed by atoms with Crippen LogP contribution >= 0.6 is 11.6 Å². The molecule has 0 aliphatic rings. The highest BCUT2D eigenvalue weighted by Gasteiger charge is 2.33. The molecule has 1 aromatic carbocycles. The summed E-state index contributed by atoms with van der Waals surface area (Å²) in [4.78, 5) is 0. The molecule has 14 heavy (non-hydrogen) atoms. The van der Waals surface area contributed by atoms with Crippen LogP contribution in [0, 0.1) is 0 Å². The van der Waals surface area contributed by atoms with Crippen LogP contribution in [0.3, 0.4) is 0 Å². The van der Waals surface area contributed by atoms with Crippen molar-refractivity contribution in [3.8, 4) is 0 Å². The zero-order chi connectivity index (χ0) is 10.8. The van der Waals surface area contributed by atoms with Gasteiger partial charge in [0.05, 0.1) is 5.56 Å². The van der Waals surface area contributed by atoms with E-state index in [1.54, 1.807) is 0 Å². The molecule has 0 fully saturated rings. The number of hydrogen-bond acceptors (Lipinski definition) is 1. The minimum Gasteiger partial charge on any atom is -0.405 e. The second-order valence-electron chi connectivity index (χ2n) is 2.56. The lowest BCUT2D eigenvalue weighted by molar-refractivity contribution is -0.137.